The second kappa shape index (κ2) is 12.7. The highest BCUT2D eigenvalue weighted by atomic mass is 16.5. The Morgan fingerprint density at radius 3 is 2.42 bits per heavy atom. The summed E-state index contributed by atoms with van der Waals surface area (Å²) in [4.78, 5) is 26.9. The summed E-state index contributed by atoms with van der Waals surface area (Å²) < 4.78 is 16.0. The van der Waals surface area contributed by atoms with Crippen LogP contribution >= 0.6 is 0 Å². The van der Waals surface area contributed by atoms with E-state index in [1.54, 1.807) is 18.7 Å². The SMILES string of the molecule is CC(C)[C@@H](C)[C@@]1(C)CC[C@]2(C)[C@H]3CC[C@@H]4[C@@]5(COC[C@@]4(C)[C@@H](OC[C@](C)(N)C(C)C)[C@H](n4ncnc4-c4cncnc4)C5)C3=CC[C@@]2(C)[C@@H]1C(=O)O. The lowest BCUT2D eigenvalue weighted by Gasteiger charge is -2.71. The average Bonchev–Trinajstić information content (AvgIpc) is 3.58. The molecule has 0 spiro atoms. The van der Waals surface area contributed by atoms with Gasteiger partial charge in [0, 0.05) is 28.8 Å². The van der Waals surface area contributed by atoms with Crippen molar-refractivity contribution in [3.05, 3.63) is 36.7 Å². The van der Waals surface area contributed by atoms with Crippen LogP contribution in [0.2, 0.25) is 0 Å². The molecule has 2 aromatic rings. The van der Waals surface area contributed by atoms with Crippen LogP contribution in [0.3, 0.4) is 0 Å². The van der Waals surface area contributed by atoms with E-state index in [9.17, 15) is 9.90 Å². The van der Waals surface area contributed by atoms with Gasteiger partial charge in [-0.1, -0.05) is 74.0 Å². The minimum atomic E-state index is -0.629. The number of aromatic nitrogens is 5. The molecule has 7 rings (SSSR count). The molecule has 12 atom stereocenters. The summed E-state index contributed by atoms with van der Waals surface area (Å²) in [6.07, 6.45) is 14.7. The van der Waals surface area contributed by atoms with E-state index in [1.807, 2.05) is 0 Å². The Hall–Kier alpha value is -2.69. The van der Waals surface area contributed by atoms with Gasteiger partial charge >= 0.3 is 5.97 Å². The summed E-state index contributed by atoms with van der Waals surface area (Å²) in [5.41, 5.74) is 7.31. The maximum Gasteiger partial charge on any atom is 0.307 e. The quantitative estimate of drug-likeness (QED) is 0.251. The third-order valence-corrected chi connectivity index (χ3v) is 16.7. The predicted octanol–water partition coefficient (Wildman–Crippen LogP) is 7.62. The molecule has 2 bridgehead atoms. The van der Waals surface area contributed by atoms with Gasteiger partial charge in [-0.2, -0.15) is 5.10 Å². The molecule has 3 saturated carbocycles. The lowest BCUT2D eigenvalue weighted by atomic mass is 9.34. The van der Waals surface area contributed by atoms with Gasteiger partial charge in [0.1, 0.15) is 12.7 Å². The smallest absolute Gasteiger partial charge is 0.307 e. The molecule has 0 unspecified atom stereocenters. The first-order valence-corrected chi connectivity index (χ1v) is 19.9. The maximum atomic E-state index is 13.5. The number of carboxylic acid groups (broad SMARTS) is 1. The van der Waals surface area contributed by atoms with Crippen molar-refractivity contribution in [3.8, 4) is 11.4 Å². The minimum absolute atomic E-state index is 0.139. The fourth-order valence-electron chi connectivity index (χ4n) is 12.7. The monoisotopic (exact) mass is 716 g/mol. The van der Waals surface area contributed by atoms with Crippen molar-refractivity contribution < 1.29 is 19.4 Å². The Balaban J connectivity index is 1.35. The van der Waals surface area contributed by atoms with Gasteiger partial charge in [0.05, 0.1) is 43.4 Å². The molecule has 0 aromatic carbocycles. The van der Waals surface area contributed by atoms with Gasteiger partial charge in [-0.15, -0.1) is 0 Å². The normalized spacial score (nSPS) is 41.7. The number of rotatable bonds is 9. The standard InChI is InChI=1S/C42H64N6O4/c1-25(2)27(5)37(6)15-16-39(8)29-11-12-32-38(7)20-51-22-42(32,30(29)13-14-40(39,9)33(37)36(49)50)17-31(34(38)52-21-41(10,43)26(3)4)48-35(46-24-47-48)28-18-44-23-45-19-28/h13,18-19,23-27,29,31-34H,11-12,14-17,20-22,43H2,1-10H3,(H,49,50)/t27-,29+,31-,32+,33-,34+,37-,38-,39-,40+,41+,42+/m1/s1. The average molecular weight is 717 g/mol. The van der Waals surface area contributed by atoms with Crippen LogP contribution < -0.4 is 5.73 Å². The summed E-state index contributed by atoms with van der Waals surface area (Å²) >= 11 is 0. The first kappa shape index (κ1) is 37.6. The molecule has 10 nitrogen and oxygen atoms in total. The Kier molecular flexibility index (Phi) is 9.18. The van der Waals surface area contributed by atoms with Crippen molar-refractivity contribution in [2.75, 3.05) is 19.8 Å². The van der Waals surface area contributed by atoms with Crippen molar-refractivity contribution in [2.45, 2.75) is 125 Å². The van der Waals surface area contributed by atoms with Crippen LogP contribution in [0.15, 0.2) is 36.7 Å². The van der Waals surface area contributed by atoms with E-state index in [0.29, 0.717) is 37.6 Å². The highest BCUT2D eigenvalue weighted by molar-refractivity contribution is 5.73. The Bertz CT molecular complexity index is 1690. The predicted molar refractivity (Wildman–Crippen MR) is 201 cm³/mol. The Labute approximate surface area is 311 Å². The fourth-order valence-corrected chi connectivity index (χ4v) is 12.7. The molecule has 286 valence electrons. The number of fused-ring (bicyclic) bond motifs is 3. The summed E-state index contributed by atoms with van der Waals surface area (Å²) in [7, 11) is 0. The molecule has 52 heavy (non-hydrogen) atoms. The zero-order chi connectivity index (χ0) is 37.6. The van der Waals surface area contributed by atoms with Crippen LogP contribution in [0.25, 0.3) is 11.4 Å². The van der Waals surface area contributed by atoms with Gasteiger partial charge in [-0.05, 0) is 91.3 Å². The number of nitrogens with two attached hydrogens (primary N) is 1. The van der Waals surface area contributed by atoms with E-state index >= 15 is 0 Å². The van der Waals surface area contributed by atoms with Crippen LogP contribution in [0.5, 0.6) is 0 Å². The molecule has 4 fully saturated rings. The minimum Gasteiger partial charge on any atom is -0.481 e. The van der Waals surface area contributed by atoms with Crippen molar-refractivity contribution in [1.82, 2.24) is 24.7 Å². The zero-order valence-corrected chi connectivity index (χ0v) is 33.4. The Morgan fingerprint density at radius 1 is 1.06 bits per heavy atom. The third-order valence-electron chi connectivity index (χ3n) is 16.7. The van der Waals surface area contributed by atoms with Crippen LogP contribution in [-0.2, 0) is 14.3 Å². The van der Waals surface area contributed by atoms with E-state index in [1.165, 1.54) is 11.9 Å². The first-order chi connectivity index (χ1) is 24.4. The van der Waals surface area contributed by atoms with Gasteiger partial charge < -0.3 is 20.3 Å². The zero-order valence-electron chi connectivity index (χ0n) is 33.4. The van der Waals surface area contributed by atoms with Gasteiger partial charge in [0.15, 0.2) is 5.82 Å². The van der Waals surface area contributed by atoms with E-state index in [2.05, 4.69) is 90.0 Å². The maximum absolute atomic E-state index is 13.5. The van der Waals surface area contributed by atoms with Crippen LogP contribution in [0.4, 0.5) is 0 Å². The summed E-state index contributed by atoms with van der Waals surface area (Å²) in [5.74, 6) is 1.25. The van der Waals surface area contributed by atoms with Crippen molar-refractivity contribution in [2.24, 2.45) is 68.3 Å². The molecule has 10 heteroatoms. The fraction of sp³-hybridized carbons (Fsp3) is 0.786. The third kappa shape index (κ3) is 5.23. The molecular weight excluding hydrogens is 652 g/mol. The number of aliphatic carboxylic acids is 1. The van der Waals surface area contributed by atoms with Crippen LogP contribution in [-0.4, -0.2) is 67.3 Å². The molecule has 4 aliphatic carbocycles. The van der Waals surface area contributed by atoms with Crippen molar-refractivity contribution in [1.29, 1.82) is 0 Å². The number of nitrogens with zero attached hydrogens (tertiary/aromatic N) is 5. The van der Waals surface area contributed by atoms with E-state index in [0.717, 1.165) is 49.9 Å². The lowest BCUT2D eigenvalue weighted by Crippen LogP contribution is -2.69. The first-order valence-electron chi connectivity index (χ1n) is 19.9. The van der Waals surface area contributed by atoms with Crippen molar-refractivity contribution >= 4 is 5.97 Å². The second-order valence-corrected chi connectivity index (χ2v) is 19.7. The number of ether oxygens (including phenoxy) is 2. The second-order valence-electron chi connectivity index (χ2n) is 19.7. The summed E-state index contributed by atoms with van der Waals surface area (Å²) in [6.45, 7) is 24.3. The molecule has 1 saturated heterocycles. The molecule has 3 heterocycles. The van der Waals surface area contributed by atoms with Crippen LogP contribution in [0, 0.1) is 62.6 Å². The van der Waals surface area contributed by atoms with Gasteiger partial charge in [0.25, 0.3) is 0 Å². The van der Waals surface area contributed by atoms with Gasteiger partial charge in [0.2, 0.25) is 0 Å². The number of carboxylic acids is 1. The van der Waals surface area contributed by atoms with Gasteiger partial charge in [-0.3, -0.25) is 4.79 Å². The van der Waals surface area contributed by atoms with Gasteiger partial charge in [-0.25, -0.2) is 19.6 Å². The van der Waals surface area contributed by atoms with E-state index in [4.69, 9.17) is 25.3 Å². The topological polar surface area (TPSA) is 138 Å². The summed E-state index contributed by atoms with van der Waals surface area (Å²) in [6, 6.07) is -0.139. The van der Waals surface area contributed by atoms with Crippen LogP contribution in [0.1, 0.15) is 114 Å². The van der Waals surface area contributed by atoms with E-state index in [-0.39, 0.29) is 51.1 Å². The molecule has 0 amide bonds. The van der Waals surface area contributed by atoms with E-state index < -0.39 is 17.4 Å². The number of carbonyl (C=O) groups is 1. The highest BCUT2D eigenvalue weighted by Gasteiger charge is 2.72. The molecule has 3 N–H and O–H groups in total. The molecular formula is C42H64N6O4. The molecule has 2 aromatic heterocycles. The number of allylic oxidation sites excluding steroid dienone is 1. The lowest BCUT2D eigenvalue weighted by molar-refractivity contribution is -0.252. The van der Waals surface area contributed by atoms with Crippen molar-refractivity contribution in [3.63, 3.8) is 0 Å². The molecule has 0 radical (unpaired) electrons. The molecule has 5 aliphatic rings. The number of hydrogen-bond donors (Lipinski definition) is 2. The Morgan fingerprint density at radius 2 is 1.77 bits per heavy atom. The number of hydrogen-bond acceptors (Lipinski definition) is 8. The largest absolute Gasteiger partial charge is 0.481 e. The highest BCUT2D eigenvalue weighted by Crippen LogP contribution is 2.75. The summed E-state index contributed by atoms with van der Waals surface area (Å²) in [5, 5.41) is 16.0. The molecule has 1 aliphatic heterocycles.